The topological polar surface area (TPSA) is 68.4 Å². The summed E-state index contributed by atoms with van der Waals surface area (Å²) in [6.07, 6.45) is 3.20. The van der Waals surface area contributed by atoms with Gasteiger partial charge in [0.1, 0.15) is 23.7 Å². The lowest BCUT2D eigenvalue weighted by atomic mass is 10.2. The predicted octanol–water partition coefficient (Wildman–Crippen LogP) is 1.51. The van der Waals surface area contributed by atoms with Crippen molar-refractivity contribution in [3.63, 3.8) is 0 Å². The Morgan fingerprint density at radius 2 is 2.04 bits per heavy atom. The van der Waals surface area contributed by atoms with Crippen LogP contribution in [0.3, 0.4) is 0 Å². The zero-order valence-corrected chi connectivity index (χ0v) is 12.4. The fourth-order valence-electron chi connectivity index (χ4n) is 2.28. The summed E-state index contributed by atoms with van der Waals surface area (Å²) in [7, 11) is 0. The molecule has 1 amide bonds. The lowest BCUT2D eigenvalue weighted by Crippen LogP contribution is -2.37. The average Bonchev–Trinajstić information content (AvgIpc) is 3.03. The minimum absolute atomic E-state index is 0.256. The molecule has 0 spiro atoms. The summed E-state index contributed by atoms with van der Waals surface area (Å²) in [5.74, 6) is -0.662. The smallest absolute Gasteiger partial charge is 0.291 e. The van der Waals surface area contributed by atoms with Gasteiger partial charge in [-0.2, -0.15) is 5.10 Å². The summed E-state index contributed by atoms with van der Waals surface area (Å²) < 4.78 is 15.6. The molecular weight excluding hydrogens is 299 g/mol. The second kappa shape index (κ2) is 6.04. The van der Waals surface area contributed by atoms with Crippen LogP contribution in [-0.2, 0) is 11.3 Å². The van der Waals surface area contributed by atoms with Gasteiger partial charge in [0.05, 0.1) is 0 Å². The van der Waals surface area contributed by atoms with Crippen molar-refractivity contribution in [3.8, 4) is 0 Å². The summed E-state index contributed by atoms with van der Waals surface area (Å²) in [5.41, 5.74) is 0.898. The minimum Gasteiger partial charge on any atom is -0.350 e. The van der Waals surface area contributed by atoms with Crippen molar-refractivity contribution in [1.82, 2.24) is 19.5 Å². The average molecular weight is 314 g/mol. The number of nitrogens with one attached hydrogen (secondary N) is 1. The molecule has 7 heteroatoms. The van der Waals surface area contributed by atoms with Crippen LogP contribution in [0.15, 0.2) is 53.7 Å². The lowest BCUT2D eigenvalue weighted by molar-refractivity contribution is -0.124. The first-order chi connectivity index (χ1) is 11.1. The minimum atomic E-state index is -0.747. The second-order valence-electron chi connectivity index (χ2n) is 5.20. The number of carbonyl (C=O) groups is 1. The molecule has 3 rings (SSSR count). The van der Waals surface area contributed by atoms with Gasteiger partial charge in [0, 0.05) is 12.7 Å². The van der Waals surface area contributed by atoms with Gasteiger partial charge in [0.15, 0.2) is 0 Å². The van der Waals surface area contributed by atoms with E-state index in [2.05, 4.69) is 10.4 Å². The molecule has 118 valence electrons. The third kappa shape index (κ3) is 2.98. The van der Waals surface area contributed by atoms with E-state index in [1.54, 1.807) is 41.8 Å². The zero-order valence-electron chi connectivity index (χ0n) is 12.4. The summed E-state index contributed by atoms with van der Waals surface area (Å²) in [6, 6.07) is 8.51. The number of hydrogen-bond acceptors (Lipinski definition) is 3. The molecule has 1 atom stereocenters. The highest BCUT2D eigenvalue weighted by Gasteiger charge is 2.18. The molecule has 0 bridgehead atoms. The van der Waals surface area contributed by atoms with Crippen LogP contribution in [0.5, 0.6) is 0 Å². The van der Waals surface area contributed by atoms with Gasteiger partial charge in [-0.05, 0) is 36.8 Å². The van der Waals surface area contributed by atoms with Crippen LogP contribution in [0.1, 0.15) is 18.5 Å². The van der Waals surface area contributed by atoms with Crippen molar-refractivity contribution in [2.75, 3.05) is 0 Å². The number of rotatable bonds is 4. The molecule has 0 saturated carbocycles. The second-order valence-corrected chi connectivity index (χ2v) is 5.20. The largest absolute Gasteiger partial charge is 0.350 e. The Balaban J connectivity index is 1.74. The van der Waals surface area contributed by atoms with E-state index in [0.29, 0.717) is 5.52 Å². The number of nitrogens with zero attached hydrogens (tertiary/aromatic N) is 3. The molecule has 0 aliphatic carbocycles. The summed E-state index contributed by atoms with van der Waals surface area (Å²) in [5, 5.41) is 6.74. The van der Waals surface area contributed by atoms with Crippen LogP contribution in [0, 0.1) is 5.82 Å². The van der Waals surface area contributed by atoms with Gasteiger partial charge in [0.25, 0.3) is 5.56 Å². The van der Waals surface area contributed by atoms with E-state index in [1.807, 2.05) is 0 Å². The fraction of sp³-hybridized carbons (Fsp3) is 0.188. The predicted molar refractivity (Wildman–Crippen MR) is 82.4 cm³/mol. The molecule has 0 aliphatic rings. The molecule has 0 unspecified atom stereocenters. The van der Waals surface area contributed by atoms with Crippen LogP contribution in [0.25, 0.3) is 5.52 Å². The Morgan fingerprint density at radius 1 is 1.30 bits per heavy atom. The lowest BCUT2D eigenvalue weighted by Gasteiger charge is -2.14. The molecule has 23 heavy (non-hydrogen) atoms. The number of amides is 1. The molecule has 2 aromatic heterocycles. The molecule has 2 heterocycles. The maximum Gasteiger partial charge on any atom is 0.291 e. The highest BCUT2D eigenvalue weighted by atomic mass is 19.1. The monoisotopic (exact) mass is 314 g/mol. The summed E-state index contributed by atoms with van der Waals surface area (Å²) in [6.45, 7) is 1.86. The Bertz CT molecular complexity index is 898. The van der Waals surface area contributed by atoms with Gasteiger partial charge in [0.2, 0.25) is 5.91 Å². The van der Waals surface area contributed by atoms with E-state index in [9.17, 15) is 14.0 Å². The fourth-order valence-corrected chi connectivity index (χ4v) is 2.28. The third-order valence-corrected chi connectivity index (χ3v) is 3.63. The van der Waals surface area contributed by atoms with Crippen LogP contribution in [0.4, 0.5) is 4.39 Å². The Labute approximate surface area is 131 Å². The highest BCUT2D eigenvalue weighted by Crippen LogP contribution is 2.05. The van der Waals surface area contributed by atoms with E-state index >= 15 is 0 Å². The molecule has 0 saturated heterocycles. The number of fused-ring (bicyclic) bond motifs is 1. The number of halogens is 1. The first kappa shape index (κ1) is 15.0. The van der Waals surface area contributed by atoms with E-state index < -0.39 is 6.04 Å². The number of hydrogen-bond donors (Lipinski definition) is 1. The molecular formula is C16H15FN4O2. The van der Waals surface area contributed by atoms with Gasteiger partial charge in [-0.3, -0.25) is 9.59 Å². The highest BCUT2D eigenvalue weighted by molar-refractivity contribution is 5.79. The van der Waals surface area contributed by atoms with E-state index in [1.165, 1.54) is 18.5 Å². The molecule has 0 fully saturated rings. The molecule has 6 nitrogen and oxygen atoms in total. The number of carbonyl (C=O) groups excluding carboxylic acids is 1. The van der Waals surface area contributed by atoms with Crippen LogP contribution < -0.4 is 10.9 Å². The Morgan fingerprint density at radius 3 is 2.78 bits per heavy atom. The van der Waals surface area contributed by atoms with Crippen molar-refractivity contribution >= 4 is 11.4 Å². The molecule has 3 aromatic rings. The SMILES string of the molecule is C[C@@H](C(=O)NCc1ccc(F)cc1)n1ncn2cccc2c1=O. The number of benzene rings is 1. The van der Waals surface area contributed by atoms with Gasteiger partial charge in [-0.1, -0.05) is 12.1 Å². The van der Waals surface area contributed by atoms with Gasteiger partial charge in [-0.25, -0.2) is 9.07 Å². The van der Waals surface area contributed by atoms with Crippen LogP contribution >= 0.6 is 0 Å². The zero-order chi connectivity index (χ0) is 16.4. The van der Waals surface area contributed by atoms with Crippen LogP contribution in [-0.4, -0.2) is 20.1 Å². The van der Waals surface area contributed by atoms with E-state index in [0.717, 1.165) is 10.2 Å². The molecule has 0 radical (unpaired) electrons. The van der Waals surface area contributed by atoms with Crippen LogP contribution in [0.2, 0.25) is 0 Å². The maximum atomic E-state index is 12.8. The summed E-state index contributed by atoms with van der Waals surface area (Å²) >= 11 is 0. The molecule has 1 aromatic carbocycles. The normalized spacial score (nSPS) is 12.3. The Hall–Kier alpha value is -2.96. The number of aromatic nitrogens is 3. The third-order valence-electron chi connectivity index (χ3n) is 3.63. The molecule has 0 aliphatic heterocycles. The van der Waals surface area contributed by atoms with Crippen molar-refractivity contribution in [1.29, 1.82) is 0 Å². The Kier molecular flexibility index (Phi) is 3.92. The van der Waals surface area contributed by atoms with Gasteiger partial charge in [-0.15, -0.1) is 0 Å². The van der Waals surface area contributed by atoms with Crippen molar-refractivity contribution in [3.05, 3.63) is 70.7 Å². The van der Waals surface area contributed by atoms with Gasteiger partial charge >= 0.3 is 0 Å². The maximum absolute atomic E-state index is 12.8. The van der Waals surface area contributed by atoms with E-state index in [-0.39, 0.29) is 23.8 Å². The first-order valence-corrected chi connectivity index (χ1v) is 7.13. The first-order valence-electron chi connectivity index (χ1n) is 7.13. The standard InChI is InChI=1S/C16H15FN4O2/c1-11(15(22)18-9-12-4-6-13(17)7-5-12)21-16(23)14-3-2-8-20(14)10-19-21/h2-8,10-11H,9H2,1H3,(H,18,22)/t11-/m0/s1. The van der Waals surface area contributed by atoms with Crippen molar-refractivity contribution < 1.29 is 9.18 Å². The summed E-state index contributed by atoms with van der Waals surface area (Å²) in [4.78, 5) is 24.5. The van der Waals surface area contributed by atoms with E-state index in [4.69, 9.17) is 0 Å². The molecule has 1 N–H and O–H groups in total. The van der Waals surface area contributed by atoms with Crippen molar-refractivity contribution in [2.45, 2.75) is 19.5 Å². The van der Waals surface area contributed by atoms with Crippen molar-refractivity contribution in [2.24, 2.45) is 0 Å². The quantitative estimate of drug-likeness (QED) is 0.794. The van der Waals surface area contributed by atoms with Gasteiger partial charge < -0.3 is 9.72 Å².